The number of benzene rings is 1. The molecule has 1 aromatic carbocycles. The van der Waals surface area contributed by atoms with Crippen LogP contribution in [0.2, 0.25) is 0 Å². The lowest BCUT2D eigenvalue weighted by atomic mass is 10.00. The Balaban J connectivity index is 2.18. The van der Waals surface area contributed by atoms with E-state index in [1.165, 1.54) is 38.5 Å². The van der Waals surface area contributed by atoms with Gasteiger partial charge in [0, 0.05) is 30.4 Å². The van der Waals surface area contributed by atoms with E-state index in [-0.39, 0.29) is 22.6 Å². The minimum atomic E-state index is -0.937. The van der Waals surface area contributed by atoms with E-state index in [0.717, 1.165) is 6.07 Å². The van der Waals surface area contributed by atoms with Crippen LogP contribution in [-0.4, -0.2) is 28.7 Å². The first-order valence-electron chi connectivity index (χ1n) is 7.12. The zero-order valence-electron chi connectivity index (χ0n) is 12.9. The molecule has 5 nitrogen and oxygen atoms in total. The Hall–Kier alpha value is -3.09. The lowest BCUT2D eigenvalue weighted by Gasteiger charge is -2.06. The van der Waals surface area contributed by atoms with Gasteiger partial charge in [0.15, 0.2) is 0 Å². The number of pyridine rings is 1. The lowest BCUT2D eigenvalue weighted by Crippen LogP contribution is -2.18. The number of aromatic nitrogens is 2. The van der Waals surface area contributed by atoms with Crippen molar-refractivity contribution in [3.63, 3.8) is 0 Å². The minimum absolute atomic E-state index is 0.0478. The summed E-state index contributed by atoms with van der Waals surface area (Å²) in [6, 6.07) is 3.77. The molecule has 0 saturated heterocycles. The van der Waals surface area contributed by atoms with Crippen molar-refractivity contribution in [3.8, 4) is 0 Å². The smallest absolute Gasteiger partial charge is 0.252 e. The van der Waals surface area contributed by atoms with Crippen molar-refractivity contribution >= 4 is 22.7 Å². The molecule has 0 aliphatic heterocycles. The predicted octanol–water partition coefficient (Wildman–Crippen LogP) is 2.74. The number of nitrogens with zero attached hydrogens (tertiary/aromatic N) is 1. The van der Waals surface area contributed by atoms with Gasteiger partial charge in [0.25, 0.3) is 5.91 Å². The van der Waals surface area contributed by atoms with E-state index in [0.29, 0.717) is 11.0 Å². The number of aromatic amines is 1. The van der Waals surface area contributed by atoms with E-state index in [2.05, 4.69) is 15.3 Å². The van der Waals surface area contributed by atoms with E-state index >= 15 is 0 Å². The van der Waals surface area contributed by atoms with Crippen LogP contribution in [0.25, 0.3) is 11.0 Å². The van der Waals surface area contributed by atoms with Gasteiger partial charge in [-0.15, -0.1) is 0 Å². The van der Waals surface area contributed by atoms with Crippen LogP contribution >= 0.6 is 0 Å². The molecule has 1 amide bonds. The average Bonchev–Trinajstić information content (AvgIpc) is 3.00. The van der Waals surface area contributed by atoms with Gasteiger partial charge in [-0.3, -0.25) is 9.59 Å². The van der Waals surface area contributed by atoms with Gasteiger partial charge in [-0.05, 0) is 24.6 Å². The van der Waals surface area contributed by atoms with Crippen molar-refractivity contribution in [3.05, 3.63) is 64.5 Å². The summed E-state index contributed by atoms with van der Waals surface area (Å²) in [7, 11) is 1.47. The first-order chi connectivity index (χ1) is 11.4. The molecule has 0 spiro atoms. The maximum absolute atomic E-state index is 14.2. The maximum Gasteiger partial charge on any atom is 0.252 e. The second kappa shape index (κ2) is 5.84. The Bertz CT molecular complexity index is 979. The molecular formula is C17H13F2N3O2. The molecule has 2 aromatic heterocycles. The highest BCUT2D eigenvalue weighted by Gasteiger charge is 2.23. The topological polar surface area (TPSA) is 74.8 Å². The van der Waals surface area contributed by atoms with Crippen LogP contribution in [0, 0.1) is 18.6 Å². The molecule has 0 saturated carbocycles. The Labute approximate surface area is 135 Å². The van der Waals surface area contributed by atoms with E-state index in [1.54, 1.807) is 0 Å². The highest BCUT2D eigenvalue weighted by Crippen LogP contribution is 2.25. The fraction of sp³-hybridized carbons (Fsp3) is 0.118. The first kappa shape index (κ1) is 15.8. The third-order valence-electron chi connectivity index (χ3n) is 3.78. The molecular weight excluding hydrogens is 316 g/mol. The molecule has 24 heavy (non-hydrogen) atoms. The second-order valence-electron chi connectivity index (χ2n) is 5.28. The fourth-order valence-corrected chi connectivity index (χ4v) is 2.46. The largest absolute Gasteiger partial charge is 0.355 e. The highest BCUT2D eigenvalue weighted by atomic mass is 19.1. The van der Waals surface area contributed by atoms with Gasteiger partial charge in [-0.25, -0.2) is 13.8 Å². The number of fused-ring (bicyclic) bond motifs is 1. The molecule has 0 fully saturated rings. The van der Waals surface area contributed by atoms with Crippen LogP contribution in [0.5, 0.6) is 0 Å². The number of hydrogen-bond donors (Lipinski definition) is 2. The number of carbonyl (C=O) groups is 2. The Morgan fingerprint density at radius 1 is 1.25 bits per heavy atom. The molecule has 0 bridgehead atoms. The van der Waals surface area contributed by atoms with Crippen molar-refractivity contribution in [2.24, 2.45) is 0 Å². The Morgan fingerprint density at radius 3 is 2.71 bits per heavy atom. The van der Waals surface area contributed by atoms with Gasteiger partial charge in [0.2, 0.25) is 5.78 Å². The number of aryl methyl sites for hydroxylation is 1. The Morgan fingerprint density at radius 2 is 2.00 bits per heavy atom. The fourth-order valence-electron chi connectivity index (χ4n) is 2.46. The molecule has 2 N–H and O–H groups in total. The normalized spacial score (nSPS) is 10.8. The van der Waals surface area contributed by atoms with Gasteiger partial charge >= 0.3 is 0 Å². The predicted molar refractivity (Wildman–Crippen MR) is 84.0 cm³/mol. The molecule has 0 unspecified atom stereocenters. The van der Waals surface area contributed by atoms with Gasteiger partial charge in [-0.1, -0.05) is 6.07 Å². The monoisotopic (exact) mass is 329 g/mol. The molecule has 7 heteroatoms. The summed E-state index contributed by atoms with van der Waals surface area (Å²) in [5, 5.41) is 2.77. The summed E-state index contributed by atoms with van der Waals surface area (Å²) in [5.74, 6) is -3.02. The lowest BCUT2D eigenvalue weighted by molar-refractivity contribution is 0.0961. The standard InChI is InChI=1S/C17H13F2N3O2/c1-8-3-4-12(18)13(14(8)19)15(23)11-7-22-16-10(11)5-9(6-21-16)17(24)20-2/h3-7H,1-2H3,(H,20,24)(H,21,22). The second-order valence-corrected chi connectivity index (χ2v) is 5.28. The van der Waals surface area contributed by atoms with Crippen LogP contribution in [-0.2, 0) is 0 Å². The quantitative estimate of drug-likeness (QED) is 0.726. The van der Waals surface area contributed by atoms with E-state index < -0.39 is 23.0 Å². The highest BCUT2D eigenvalue weighted by molar-refractivity contribution is 6.16. The van der Waals surface area contributed by atoms with Gasteiger partial charge in [0.05, 0.1) is 11.1 Å². The molecule has 3 aromatic rings. The summed E-state index contributed by atoms with van der Waals surface area (Å²) in [6.07, 6.45) is 2.68. The van der Waals surface area contributed by atoms with Crippen molar-refractivity contribution in [1.29, 1.82) is 0 Å². The molecule has 2 heterocycles. The molecule has 122 valence electrons. The number of halogens is 2. The Kier molecular flexibility index (Phi) is 3.84. The third-order valence-corrected chi connectivity index (χ3v) is 3.78. The van der Waals surface area contributed by atoms with Crippen LogP contribution in [0.4, 0.5) is 8.78 Å². The summed E-state index contributed by atoms with van der Waals surface area (Å²) in [5.41, 5.74) is 0.181. The van der Waals surface area contributed by atoms with Crippen molar-refractivity contribution in [2.75, 3.05) is 7.05 Å². The summed E-state index contributed by atoms with van der Waals surface area (Å²) in [4.78, 5) is 31.2. The first-order valence-corrected chi connectivity index (χ1v) is 7.12. The number of carbonyl (C=O) groups excluding carboxylic acids is 2. The number of hydrogen-bond acceptors (Lipinski definition) is 3. The number of H-pyrrole nitrogens is 1. The van der Waals surface area contributed by atoms with E-state index in [4.69, 9.17) is 0 Å². The van der Waals surface area contributed by atoms with Crippen molar-refractivity contribution < 1.29 is 18.4 Å². The molecule has 0 aliphatic carbocycles. The van der Waals surface area contributed by atoms with Gasteiger partial charge < -0.3 is 10.3 Å². The van der Waals surface area contributed by atoms with Gasteiger partial charge in [0.1, 0.15) is 17.3 Å². The zero-order chi connectivity index (χ0) is 17.4. The number of amides is 1. The maximum atomic E-state index is 14.2. The summed E-state index contributed by atoms with van der Waals surface area (Å²) in [6.45, 7) is 1.45. The van der Waals surface area contributed by atoms with Crippen LogP contribution in [0.1, 0.15) is 31.8 Å². The third kappa shape index (κ3) is 2.44. The molecule has 3 rings (SSSR count). The zero-order valence-corrected chi connectivity index (χ0v) is 12.9. The molecule has 0 aliphatic rings. The SMILES string of the molecule is CNC(=O)c1cnc2[nH]cc(C(=O)c3c(F)ccc(C)c3F)c2c1. The molecule has 0 atom stereocenters. The van der Waals surface area contributed by atoms with E-state index in [9.17, 15) is 18.4 Å². The van der Waals surface area contributed by atoms with Gasteiger partial charge in [-0.2, -0.15) is 0 Å². The van der Waals surface area contributed by atoms with Crippen LogP contribution in [0.15, 0.2) is 30.6 Å². The van der Waals surface area contributed by atoms with E-state index in [1.807, 2.05) is 0 Å². The molecule has 0 radical (unpaired) electrons. The number of nitrogens with one attached hydrogen (secondary N) is 2. The number of rotatable bonds is 3. The van der Waals surface area contributed by atoms with Crippen LogP contribution < -0.4 is 5.32 Å². The number of ketones is 1. The van der Waals surface area contributed by atoms with Crippen molar-refractivity contribution in [2.45, 2.75) is 6.92 Å². The minimum Gasteiger partial charge on any atom is -0.355 e. The van der Waals surface area contributed by atoms with Crippen LogP contribution in [0.3, 0.4) is 0 Å². The summed E-state index contributed by atoms with van der Waals surface area (Å²) >= 11 is 0. The summed E-state index contributed by atoms with van der Waals surface area (Å²) < 4.78 is 28.2. The average molecular weight is 329 g/mol. The van der Waals surface area contributed by atoms with Crippen molar-refractivity contribution in [1.82, 2.24) is 15.3 Å².